The van der Waals surface area contributed by atoms with Gasteiger partial charge in [-0.05, 0) is 29.7 Å². The van der Waals surface area contributed by atoms with Gasteiger partial charge in [0.1, 0.15) is 0 Å². The lowest BCUT2D eigenvalue weighted by Gasteiger charge is -2.19. The Hall–Kier alpha value is -2.36. The summed E-state index contributed by atoms with van der Waals surface area (Å²) in [6.45, 7) is 4.97. The summed E-state index contributed by atoms with van der Waals surface area (Å²) >= 11 is 0. The van der Waals surface area contributed by atoms with Crippen molar-refractivity contribution in [3.8, 4) is 0 Å². The van der Waals surface area contributed by atoms with Gasteiger partial charge in [0.05, 0.1) is 0 Å². The van der Waals surface area contributed by atoms with Gasteiger partial charge in [0.25, 0.3) is 0 Å². The van der Waals surface area contributed by atoms with Crippen molar-refractivity contribution in [1.82, 2.24) is 14.8 Å². The van der Waals surface area contributed by atoms with E-state index in [1.54, 1.807) is 6.20 Å². The molecule has 0 unspecified atom stereocenters. The summed E-state index contributed by atoms with van der Waals surface area (Å²) in [6.07, 6.45) is 3.57. The molecule has 1 aliphatic heterocycles. The highest BCUT2D eigenvalue weighted by Gasteiger charge is 2.28. The third kappa shape index (κ3) is 3.05. The van der Waals surface area contributed by atoms with Crippen molar-refractivity contribution in [2.45, 2.75) is 20.0 Å². The van der Waals surface area contributed by atoms with Crippen molar-refractivity contribution in [3.05, 3.63) is 65.5 Å². The highest BCUT2D eigenvalue weighted by molar-refractivity contribution is 5.76. The predicted molar refractivity (Wildman–Crippen MR) is 81.6 cm³/mol. The number of aryl methyl sites for hydroxylation is 1. The molecule has 4 heteroatoms. The highest BCUT2D eigenvalue weighted by atomic mass is 16.2. The van der Waals surface area contributed by atoms with E-state index in [4.69, 9.17) is 0 Å². The van der Waals surface area contributed by atoms with Crippen LogP contribution in [0.3, 0.4) is 0 Å². The minimum Gasteiger partial charge on any atom is -0.319 e. The summed E-state index contributed by atoms with van der Waals surface area (Å²) in [5.41, 5.74) is 3.52. The fourth-order valence-electron chi connectivity index (χ4n) is 2.63. The molecular weight excluding hydrogens is 262 g/mol. The van der Waals surface area contributed by atoms with Crippen molar-refractivity contribution in [1.29, 1.82) is 0 Å². The molecule has 1 aromatic carbocycles. The molecule has 1 saturated heterocycles. The summed E-state index contributed by atoms with van der Waals surface area (Å²) in [6, 6.07) is 12.2. The second-order valence-electron chi connectivity index (χ2n) is 5.41. The van der Waals surface area contributed by atoms with E-state index in [-0.39, 0.29) is 6.03 Å². The zero-order chi connectivity index (χ0) is 14.7. The van der Waals surface area contributed by atoms with Gasteiger partial charge >= 0.3 is 6.03 Å². The first-order valence-electron chi connectivity index (χ1n) is 7.21. The average molecular weight is 281 g/mol. The quantitative estimate of drug-likeness (QED) is 0.864. The number of urea groups is 1. The van der Waals surface area contributed by atoms with E-state index in [1.165, 1.54) is 11.1 Å². The largest absolute Gasteiger partial charge is 0.320 e. The molecule has 21 heavy (non-hydrogen) atoms. The number of carbonyl (C=O) groups is 1. The summed E-state index contributed by atoms with van der Waals surface area (Å²) in [5, 5.41) is 0. The van der Waals surface area contributed by atoms with Crippen molar-refractivity contribution in [2.24, 2.45) is 0 Å². The van der Waals surface area contributed by atoms with E-state index in [2.05, 4.69) is 24.0 Å². The van der Waals surface area contributed by atoms with Crippen molar-refractivity contribution < 1.29 is 4.79 Å². The van der Waals surface area contributed by atoms with Crippen LogP contribution in [0.5, 0.6) is 0 Å². The third-order valence-electron chi connectivity index (χ3n) is 3.90. The first-order valence-corrected chi connectivity index (χ1v) is 7.21. The molecule has 0 N–H and O–H groups in total. The molecule has 0 aliphatic carbocycles. The van der Waals surface area contributed by atoms with Gasteiger partial charge < -0.3 is 9.80 Å². The number of hydrogen-bond donors (Lipinski definition) is 0. The van der Waals surface area contributed by atoms with Gasteiger partial charge in [-0.2, -0.15) is 0 Å². The number of carbonyl (C=O) groups excluding carboxylic acids is 1. The van der Waals surface area contributed by atoms with E-state index in [9.17, 15) is 4.79 Å². The molecule has 0 spiro atoms. The first kappa shape index (κ1) is 13.6. The van der Waals surface area contributed by atoms with Gasteiger partial charge in [0, 0.05) is 38.6 Å². The molecule has 0 radical (unpaired) electrons. The monoisotopic (exact) mass is 281 g/mol. The van der Waals surface area contributed by atoms with Gasteiger partial charge in [-0.15, -0.1) is 0 Å². The second kappa shape index (κ2) is 5.95. The fraction of sp³-hybridized carbons (Fsp3) is 0.294. The van der Waals surface area contributed by atoms with Gasteiger partial charge in [-0.1, -0.05) is 30.3 Å². The smallest absolute Gasteiger partial charge is 0.319 e. The lowest BCUT2D eigenvalue weighted by molar-refractivity contribution is 0.188. The molecule has 0 saturated carbocycles. The Morgan fingerprint density at radius 2 is 1.81 bits per heavy atom. The molecule has 0 bridgehead atoms. The SMILES string of the molecule is Cc1ccccc1CN1CCN(Cc2cccnc2)C1=O. The summed E-state index contributed by atoms with van der Waals surface area (Å²) in [7, 11) is 0. The number of aromatic nitrogens is 1. The zero-order valence-corrected chi connectivity index (χ0v) is 12.2. The van der Waals surface area contributed by atoms with Crippen LogP contribution in [0.2, 0.25) is 0 Å². The van der Waals surface area contributed by atoms with Gasteiger partial charge in [-0.25, -0.2) is 4.79 Å². The van der Waals surface area contributed by atoms with E-state index in [0.717, 1.165) is 18.7 Å². The van der Waals surface area contributed by atoms with Gasteiger partial charge in [-0.3, -0.25) is 4.98 Å². The zero-order valence-electron chi connectivity index (χ0n) is 12.2. The Morgan fingerprint density at radius 3 is 2.52 bits per heavy atom. The number of benzene rings is 1. The number of amides is 2. The Balaban J connectivity index is 1.65. The lowest BCUT2D eigenvalue weighted by Crippen LogP contribution is -2.31. The van der Waals surface area contributed by atoms with Crippen LogP contribution in [-0.4, -0.2) is 33.9 Å². The molecule has 2 aromatic rings. The molecule has 1 fully saturated rings. The van der Waals surface area contributed by atoms with Gasteiger partial charge in [0.2, 0.25) is 0 Å². The van der Waals surface area contributed by atoms with E-state index >= 15 is 0 Å². The first-order chi connectivity index (χ1) is 10.2. The minimum atomic E-state index is 0.113. The number of hydrogen-bond acceptors (Lipinski definition) is 2. The third-order valence-corrected chi connectivity index (χ3v) is 3.90. The molecule has 4 nitrogen and oxygen atoms in total. The molecular formula is C17H19N3O. The van der Waals surface area contributed by atoms with Crippen molar-refractivity contribution in [3.63, 3.8) is 0 Å². The summed E-state index contributed by atoms with van der Waals surface area (Å²) in [4.78, 5) is 20.4. The van der Waals surface area contributed by atoms with Crippen LogP contribution in [0.25, 0.3) is 0 Å². The van der Waals surface area contributed by atoms with Gasteiger partial charge in [0.15, 0.2) is 0 Å². The lowest BCUT2D eigenvalue weighted by atomic mass is 10.1. The maximum atomic E-state index is 12.5. The number of rotatable bonds is 4. The molecule has 1 aromatic heterocycles. The van der Waals surface area contributed by atoms with Crippen LogP contribution >= 0.6 is 0 Å². The number of nitrogens with zero attached hydrogens (tertiary/aromatic N) is 3. The summed E-state index contributed by atoms with van der Waals surface area (Å²) in [5.74, 6) is 0. The van der Waals surface area contributed by atoms with Crippen molar-refractivity contribution in [2.75, 3.05) is 13.1 Å². The van der Waals surface area contributed by atoms with Crippen LogP contribution in [0.15, 0.2) is 48.8 Å². The fourth-order valence-corrected chi connectivity index (χ4v) is 2.63. The Bertz CT molecular complexity index is 627. The average Bonchev–Trinajstić information content (AvgIpc) is 2.84. The highest BCUT2D eigenvalue weighted by Crippen LogP contribution is 2.17. The predicted octanol–water partition coefficient (Wildman–Crippen LogP) is 2.83. The maximum absolute atomic E-state index is 12.5. The molecule has 2 amide bonds. The van der Waals surface area contributed by atoms with Crippen LogP contribution in [-0.2, 0) is 13.1 Å². The molecule has 2 heterocycles. The number of pyridine rings is 1. The Morgan fingerprint density at radius 1 is 1.05 bits per heavy atom. The van der Waals surface area contributed by atoms with Crippen LogP contribution < -0.4 is 0 Å². The molecule has 3 rings (SSSR count). The summed E-state index contributed by atoms with van der Waals surface area (Å²) < 4.78 is 0. The van der Waals surface area contributed by atoms with Crippen LogP contribution in [0.1, 0.15) is 16.7 Å². The molecule has 0 atom stereocenters. The van der Waals surface area contributed by atoms with Crippen LogP contribution in [0, 0.1) is 6.92 Å². The topological polar surface area (TPSA) is 36.4 Å². The molecule has 108 valence electrons. The molecule has 1 aliphatic rings. The van der Waals surface area contributed by atoms with E-state index in [0.29, 0.717) is 13.1 Å². The maximum Gasteiger partial charge on any atom is 0.320 e. The minimum absolute atomic E-state index is 0.113. The Labute approximate surface area is 125 Å². The van der Waals surface area contributed by atoms with Crippen LogP contribution in [0.4, 0.5) is 4.79 Å². The Kier molecular flexibility index (Phi) is 3.86. The standard InChI is InChI=1S/C17H19N3O/c1-14-5-2-3-7-16(14)13-20-10-9-19(17(20)21)12-15-6-4-8-18-11-15/h2-8,11H,9-10,12-13H2,1H3. The van der Waals surface area contributed by atoms with E-state index in [1.807, 2.05) is 40.3 Å². The second-order valence-corrected chi connectivity index (χ2v) is 5.41. The van der Waals surface area contributed by atoms with Crippen molar-refractivity contribution >= 4 is 6.03 Å². The normalized spacial score (nSPS) is 14.8. The van der Waals surface area contributed by atoms with E-state index < -0.39 is 0 Å².